The van der Waals surface area contributed by atoms with Crippen molar-refractivity contribution in [1.82, 2.24) is 0 Å². The Balaban J connectivity index is 2.33. The van der Waals surface area contributed by atoms with Gasteiger partial charge in [-0.25, -0.2) is 13.2 Å². The molecule has 1 N–H and O–H groups in total. The summed E-state index contributed by atoms with van der Waals surface area (Å²) in [6, 6.07) is 6.62. The van der Waals surface area contributed by atoms with Gasteiger partial charge in [0.1, 0.15) is 0 Å². The molecule has 0 amide bonds. The second-order valence-electron chi connectivity index (χ2n) is 3.92. The van der Waals surface area contributed by atoms with E-state index in [1.807, 2.05) is 0 Å². The van der Waals surface area contributed by atoms with Crippen molar-refractivity contribution in [1.29, 1.82) is 0 Å². The van der Waals surface area contributed by atoms with E-state index in [9.17, 15) is 13.2 Å². The van der Waals surface area contributed by atoms with Gasteiger partial charge in [-0.2, -0.15) is 0 Å². The maximum Gasteiger partial charge on any atom is 0.371 e. The van der Waals surface area contributed by atoms with Crippen LogP contribution in [0.3, 0.4) is 0 Å². The van der Waals surface area contributed by atoms with Gasteiger partial charge in [-0.15, -0.1) is 0 Å². The molecular weight excluding hydrogens is 327 g/mol. The number of carbonyl (C=O) groups is 1. The first-order valence-corrected chi connectivity index (χ1v) is 7.70. The first-order chi connectivity index (χ1) is 9.29. The number of carboxylic acids is 1. The molecule has 0 aliphatic carbocycles. The van der Waals surface area contributed by atoms with Gasteiger partial charge >= 0.3 is 5.97 Å². The van der Waals surface area contributed by atoms with Crippen LogP contribution in [0.5, 0.6) is 0 Å². The molecule has 0 atom stereocenters. The van der Waals surface area contributed by atoms with E-state index in [0.29, 0.717) is 10.6 Å². The summed E-state index contributed by atoms with van der Waals surface area (Å²) in [5.74, 6) is -2.18. The van der Waals surface area contributed by atoms with Crippen LogP contribution in [0.25, 0.3) is 0 Å². The van der Waals surface area contributed by atoms with E-state index in [2.05, 4.69) is 0 Å². The number of aromatic carboxylic acids is 1. The highest BCUT2D eigenvalue weighted by Gasteiger charge is 2.22. The number of hydrogen-bond acceptors (Lipinski definition) is 4. The molecule has 0 aliphatic heterocycles. The van der Waals surface area contributed by atoms with Crippen LogP contribution in [-0.4, -0.2) is 19.5 Å². The Morgan fingerprint density at radius 3 is 2.45 bits per heavy atom. The van der Waals surface area contributed by atoms with Gasteiger partial charge in [0.2, 0.25) is 20.7 Å². The lowest BCUT2D eigenvalue weighted by Gasteiger charge is -2.04. The molecule has 2 rings (SSSR count). The molecule has 0 fully saturated rings. The van der Waals surface area contributed by atoms with Crippen molar-refractivity contribution in [2.75, 3.05) is 0 Å². The Bertz CT molecular complexity index is 764. The second-order valence-corrected chi connectivity index (χ2v) is 6.68. The zero-order chi connectivity index (χ0) is 14.9. The van der Waals surface area contributed by atoms with Crippen LogP contribution in [0.4, 0.5) is 0 Å². The number of rotatable bonds is 4. The first-order valence-electron chi connectivity index (χ1n) is 5.29. The summed E-state index contributed by atoms with van der Waals surface area (Å²) >= 11 is 11.6. The van der Waals surface area contributed by atoms with Crippen LogP contribution in [-0.2, 0) is 15.6 Å². The normalized spacial score (nSPS) is 11.5. The van der Waals surface area contributed by atoms with E-state index in [4.69, 9.17) is 32.7 Å². The smallest absolute Gasteiger partial charge is 0.371 e. The molecule has 8 heteroatoms. The number of carboxylic acid groups (broad SMARTS) is 1. The summed E-state index contributed by atoms with van der Waals surface area (Å²) in [5.41, 5.74) is 0.351. The molecule has 106 valence electrons. The zero-order valence-electron chi connectivity index (χ0n) is 9.84. The van der Waals surface area contributed by atoms with Crippen LogP contribution in [0.1, 0.15) is 16.1 Å². The van der Waals surface area contributed by atoms with Crippen LogP contribution in [0.2, 0.25) is 10.0 Å². The molecular formula is C12H8Cl2O5S. The molecule has 0 bridgehead atoms. The minimum Gasteiger partial charge on any atom is -0.475 e. The van der Waals surface area contributed by atoms with Crippen LogP contribution in [0.15, 0.2) is 39.8 Å². The summed E-state index contributed by atoms with van der Waals surface area (Å²) in [6.45, 7) is 0. The van der Waals surface area contributed by atoms with Crippen molar-refractivity contribution in [3.8, 4) is 0 Å². The Hall–Kier alpha value is -1.50. The van der Waals surface area contributed by atoms with Crippen LogP contribution < -0.4 is 0 Å². The minimum atomic E-state index is -3.82. The monoisotopic (exact) mass is 334 g/mol. The third-order valence-electron chi connectivity index (χ3n) is 2.46. The molecule has 0 unspecified atom stereocenters. The quantitative estimate of drug-likeness (QED) is 0.927. The number of halogens is 2. The average Bonchev–Trinajstić information content (AvgIpc) is 2.83. The van der Waals surface area contributed by atoms with Crippen molar-refractivity contribution in [2.45, 2.75) is 10.8 Å². The lowest BCUT2D eigenvalue weighted by Crippen LogP contribution is -2.04. The molecule has 0 aliphatic rings. The van der Waals surface area contributed by atoms with Gasteiger partial charge in [0.15, 0.2) is 0 Å². The number of furan rings is 1. The predicted octanol–water partition coefficient (Wildman–Crippen LogP) is 3.26. The molecule has 1 aromatic carbocycles. The topological polar surface area (TPSA) is 84.6 Å². The summed E-state index contributed by atoms with van der Waals surface area (Å²) in [4.78, 5) is 10.7. The predicted molar refractivity (Wildman–Crippen MR) is 73.0 cm³/mol. The van der Waals surface area contributed by atoms with Gasteiger partial charge in [0, 0.05) is 10.0 Å². The highest BCUT2D eigenvalue weighted by atomic mass is 35.5. The lowest BCUT2D eigenvalue weighted by molar-refractivity contribution is 0.0656. The molecule has 0 radical (unpaired) electrons. The second kappa shape index (κ2) is 5.47. The van der Waals surface area contributed by atoms with Crippen LogP contribution >= 0.6 is 23.2 Å². The van der Waals surface area contributed by atoms with Crippen molar-refractivity contribution in [3.63, 3.8) is 0 Å². The van der Waals surface area contributed by atoms with Crippen molar-refractivity contribution in [3.05, 3.63) is 51.7 Å². The number of benzene rings is 1. The van der Waals surface area contributed by atoms with Crippen molar-refractivity contribution in [2.24, 2.45) is 0 Å². The van der Waals surface area contributed by atoms with Gasteiger partial charge in [-0.05, 0) is 29.8 Å². The molecule has 0 spiro atoms. The number of hydrogen-bond donors (Lipinski definition) is 1. The summed E-state index contributed by atoms with van der Waals surface area (Å²) in [7, 11) is -3.82. The Labute approximate surface area is 124 Å². The Morgan fingerprint density at radius 1 is 1.20 bits per heavy atom. The minimum absolute atomic E-state index is 0.214. The first kappa shape index (κ1) is 14.9. The van der Waals surface area contributed by atoms with Gasteiger partial charge in [-0.3, -0.25) is 0 Å². The third kappa shape index (κ3) is 3.15. The summed E-state index contributed by atoms with van der Waals surface area (Å²) in [5, 5.41) is 8.89. The third-order valence-corrected chi connectivity index (χ3v) is 4.57. The van der Waals surface area contributed by atoms with E-state index < -0.39 is 32.4 Å². The average molecular weight is 335 g/mol. The highest BCUT2D eigenvalue weighted by Crippen LogP contribution is 2.26. The largest absolute Gasteiger partial charge is 0.475 e. The Morgan fingerprint density at radius 2 is 1.90 bits per heavy atom. The fourth-order valence-corrected chi connectivity index (χ4v) is 3.37. The summed E-state index contributed by atoms with van der Waals surface area (Å²) in [6.07, 6.45) is 0. The molecule has 0 saturated carbocycles. The zero-order valence-corrected chi connectivity index (χ0v) is 12.2. The standard InChI is InChI=1S/C12H8Cl2O5S/c13-8-2-1-7(9(14)5-8)6-20(17,18)11-4-3-10(19-11)12(15)16/h1-5H,6H2,(H,15,16). The highest BCUT2D eigenvalue weighted by molar-refractivity contribution is 7.90. The molecule has 1 heterocycles. The maximum absolute atomic E-state index is 12.1. The van der Waals surface area contributed by atoms with E-state index in [1.165, 1.54) is 18.2 Å². The molecule has 5 nitrogen and oxygen atoms in total. The number of sulfone groups is 1. The van der Waals surface area contributed by atoms with Gasteiger partial charge in [0.05, 0.1) is 5.75 Å². The van der Waals surface area contributed by atoms with Gasteiger partial charge < -0.3 is 9.52 Å². The fourth-order valence-electron chi connectivity index (χ4n) is 1.52. The van der Waals surface area contributed by atoms with Gasteiger partial charge in [-0.1, -0.05) is 29.3 Å². The maximum atomic E-state index is 12.1. The lowest BCUT2D eigenvalue weighted by atomic mass is 10.2. The Kier molecular flexibility index (Phi) is 4.08. The van der Waals surface area contributed by atoms with E-state index in [-0.39, 0.29) is 5.02 Å². The van der Waals surface area contributed by atoms with Crippen molar-refractivity contribution < 1.29 is 22.7 Å². The molecule has 0 saturated heterocycles. The molecule has 20 heavy (non-hydrogen) atoms. The van der Waals surface area contributed by atoms with Crippen molar-refractivity contribution >= 4 is 39.0 Å². The summed E-state index contributed by atoms with van der Waals surface area (Å²) < 4.78 is 29.0. The molecule has 2 aromatic rings. The fraction of sp³-hybridized carbons (Fsp3) is 0.0833. The van der Waals surface area contributed by atoms with E-state index in [1.54, 1.807) is 0 Å². The van der Waals surface area contributed by atoms with Gasteiger partial charge in [0.25, 0.3) is 0 Å². The molecule has 1 aromatic heterocycles. The van der Waals surface area contributed by atoms with E-state index in [0.717, 1.165) is 12.1 Å². The SMILES string of the molecule is O=C(O)c1ccc(S(=O)(=O)Cc2ccc(Cl)cc2Cl)o1. The van der Waals surface area contributed by atoms with E-state index >= 15 is 0 Å². The van der Waals surface area contributed by atoms with Crippen LogP contribution in [0, 0.1) is 0 Å².